The van der Waals surface area contributed by atoms with Crippen LogP contribution in [0.5, 0.6) is 5.75 Å². The molecule has 1 aromatic carbocycles. The van der Waals surface area contributed by atoms with Gasteiger partial charge in [0, 0.05) is 25.1 Å². The van der Waals surface area contributed by atoms with Crippen molar-refractivity contribution in [2.75, 3.05) is 33.4 Å². The average Bonchev–Trinajstić information content (AvgIpc) is 3.36. The van der Waals surface area contributed by atoms with Crippen LogP contribution in [0.2, 0.25) is 0 Å². The normalized spacial score (nSPS) is 23.5. The maximum atomic E-state index is 12.5. The molecule has 2 aliphatic heterocycles. The number of likely N-dealkylation sites (tertiary alicyclic amines) is 1. The van der Waals surface area contributed by atoms with Crippen LogP contribution in [0.1, 0.15) is 44.9 Å². The SMILES string of the molecule is COc1ccccc1-c1cn(CC[C@H]2CC[C@@H](NC(=O)CCN3CCCCC3)[C@H](CO)O2)nn1. The molecule has 2 saturated heterocycles. The monoisotopic (exact) mass is 471 g/mol. The Balaban J connectivity index is 1.22. The topological polar surface area (TPSA) is 102 Å². The number of amides is 1. The molecule has 34 heavy (non-hydrogen) atoms. The van der Waals surface area contributed by atoms with E-state index < -0.39 is 0 Å². The molecule has 0 saturated carbocycles. The summed E-state index contributed by atoms with van der Waals surface area (Å²) in [5.74, 6) is 0.808. The fourth-order valence-electron chi connectivity index (χ4n) is 4.89. The number of para-hydroxylation sites is 1. The molecular weight excluding hydrogens is 434 g/mol. The molecule has 1 aromatic heterocycles. The van der Waals surface area contributed by atoms with E-state index in [0.717, 1.165) is 55.9 Å². The molecule has 0 bridgehead atoms. The number of aliphatic hydroxyl groups is 1. The van der Waals surface area contributed by atoms with Gasteiger partial charge in [-0.1, -0.05) is 23.8 Å². The largest absolute Gasteiger partial charge is 0.496 e. The molecule has 0 aliphatic carbocycles. The predicted octanol–water partition coefficient (Wildman–Crippen LogP) is 2.24. The Bertz CT molecular complexity index is 914. The minimum Gasteiger partial charge on any atom is -0.496 e. The minimum absolute atomic E-state index is 0.0116. The first-order valence-corrected chi connectivity index (χ1v) is 12.5. The van der Waals surface area contributed by atoms with E-state index in [0.29, 0.717) is 13.0 Å². The number of piperidine rings is 1. The molecule has 1 amide bonds. The first-order chi connectivity index (χ1) is 16.7. The number of ether oxygens (including phenoxy) is 2. The molecule has 3 atom stereocenters. The molecule has 2 aliphatic rings. The van der Waals surface area contributed by atoms with E-state index in [2.05, 4.69) is 20.5 Å². The zero-order valence-corrected chi connectivity index (χ0v) is 20.1. The fourth-order valence-corrected chi connectivity index (χ4v) is 4.89. The predicted molar refractivity (Wildman–Crippen MR) is 128 cm³/mol. The maximum Gasteiger partial charge on any atom is 0.221 e. The van der Waals surface area contributed by atoms with Crippen molar-refractivity contribution in [2.45, 2.75) is 69.7 Å². The number of nitrogens with one attached hydrogen (secondary N) is 1. The fraction of sp³-hybridized carbons (Fsp3) is 0.640. The van der Waals surface area contributed by atoms with Gasteiger partial charge in [0.1, 0.15) is 17.5 Å². The first kappa shape index (κ1) is 24.6. The number of hydrogen-bond acceptors (Lipinski definition) is 7. The number of hydrogen-bond donors (Lipinski definition) is 2. The lowest BCUT2D eigenvalue weighted by atomic mass is 9.97. The number of carbonyl (C=O) groups is 1. The van der Waals surface area contributed by atoms with Gasteiger partial charge in [-0.3, -0.25) is 9.48 Å². The molecule has 0 radical (unpaired) electrons. The van der Waals surface area contributed by atoms with Gasteiger partial charge in [0.25, 0.3) is 0 Å². The minimum atomic E-state index is -0.377. The van der Waals surface area contributed by atoms with Crippen molar-refractivity contribution in [1.82, 2.24) is 25.2 Å². The standard InChI is InChI=1S/C25H37N5O4/c1-33-23-8-4-3-7-20(23)22-17-30(28-27-22)16-11-19-9-10-21(24(18-31)34-19)26-25(32)12-15-29-13-5-2-6-14-29/h3-4,7-8,17,19,21,24,31H,2,5-6,9-16,18H2,1H3,(H,26,32)/t19-,21-,24+/m1/s1. The molecule has 4 rings (SSSR count). The van der Waals surface area contributed by atoms with Gasteiger partial charge >= 0.3 is 0 Å². The molecule has 0 spiro atoms. The van der Waals surface area contributed by atoms with Gasteiger partial charge in [-0.2, -0.15) is 0 Å². The first-order valence-electron chi connectivity index (χ1n) is 12.5. The number of benzene rings is 1. The van der Waals surface area contributed by atoms with Crippen LogP contribution < -0.4 is 10.1 Å². The molecule has 9 nitrogen and oxygen atoms in total. The van der Waals surface area contributed by atoms with Crippen molar-refractivity contribution < 1.29 is 19.4 Å². The summed E-state index contributed by atoms with van der Waals surface area (Å²) in [6.45, 7) is 3.55. The molecule has 0 unspecified atom stereocenters. The van der Waals surface area contributed by atoms with Crippen molar-refractivity contribution >= 4 is 5.91 Å². The van der Waals surface area contributed by atoms with Crippen molar-refractivity contribution in [3.05, 3.63) is 30.5 Å². The van der Waals surface area contributed by atoms with Crippen LogP contribution in [0.15, 0.2) is 30.5 Å². The van der Waals surface area contributed by atoms with Gasteiger partial charge in [-0.25, -0.2) is 0 Å². The van der Waals surface area contributed by atoms with Crippen LogP contribution in [0.4, 0.5) is 0 Å². The molecule has 2 aromatic rings. The smallest absolute Gasteiger partial charge is 0.221 e. The zero-order chi connectivity index (χ0) is 23.8. The van der Waals surface area contributed by atoms with Gasteiger partial charge in [0.15, 0.2) is 0 Å². The summed E-state index contributed by atoms with van der Waals surface area (Å²) < 4.78 is 13.4. The highest BCUT2D eigenvalue weighted by atomic mass is 16.5. The number of aryl methyl sites for hydroxylation is 1. The Morgan fingerprint density at radius 2 is 2.03 bits per heavy atom. The van der Waals surface area contributed by atoms with Crippen molar-refractivity contribution in [2.24, 2.45) is 0 Å². The number of rotatable bonds is 10. The van der Waals surface area contributed by atoms with E-state index in [1.165, 1.54) is 19.3 Å². The average molecular weight is 472 g/mol. The Morgan fingerprint density at radius 3 is 2.82 bits per heavy atom. The molecule has 3 heterocycles. The summed E-state index contributed by atoms with van der Waals surface area (Å²) in [4.78, 5) is 14.8. The molecule has 9 heteroatoms. The second-order valence-electron chi connectivity index (χ2n) is 9.24. The summed E-state index contributed by atoms with van der Waals surface area (Å²) in [5, 5.41) is 21.5. The number of carbonyl (C=O) groups excluding carboxylic acids is 1. The summed E-state index contributed by atoms with van der Waals surface area (Å²) in [7, 11) is 1.64. The van der Waals surface area contributed by atoms with Gasteiger partial charge < -0.3 is 24.8 Å². The Labute approximate surface area is 201 Å². The van der Waals surface area contributed by atoms with Crippen LogP contribution in [0.25, 0.3) is 11.3 Å². The van der Waals surface area contributed by atoms with Crippen molar-refractivity contribution in [3.63, 3.8) is 0 Å². The number of methoxy groups -OCH3 is 1. The second-order valence-corrected chi connectivity index (χ2v) is 9.24. The van der Waals surface area contributed by atoms with E-state index in [4.69, 9.17) is 9.47 Å². The Hall–Kier alpha value is -2.49. The number of aliphatic hydroxyl groups excluding tert-OH is 1. The Kier molecular flexibility index (Phi) is 8.90. The van der Waals surface area contributed by atoms with Crippen LogP contribution >= 0.6 is 0 Å². The lowest BCUT2D eigenvalue weighted by Crippen LogP contribution is -2.51. The Morgan fingerprint density at radius 1 is 1.21 bits per heavy atom. The van der Waals surface area contributed by atoms with Gasteiger partial charge in [0.05, 0.1) is 32.1 Å². The lowest BCUT2D eigenvalue weighted by molar-refractivity contribution is -0.129. The van der Waals surface area contributed by atoms with Crippen molar-refractivity contribution in [3.8, 4) is 17.0 Å². The van der Waals surface area contributed by atoms with E-state index in [-0.39, 0.29) is 30.8 Å². The third-order valence-electron chi connectivity index (χ3n) is 6.85. The molecular formula is C25H37N5O4. The summed E-state index contributed by atoms with van der Waals surface area (Å²) >= 11 is 0. The molecule has 2 N–H and O–H groups in total. The number of nitrogens with zero attached hydrogens (tertiary/aromatic N) is 4. The summed E-state index contributed by atoms with van der Waals surface area (Å²) in [5.41, 5.74) is 1.67. The quantitative estimate of drug-likeness (QED) is 0.548. The van der Waals surface area contributed by atoms with Crippen LogP contribution in [-0.2, 0) is 16.1 Å². The maximum absolute atomic E-state index is 12.5. The van der Waals surface area contributed by atoms with Crippen molar-refractivity contribution in [1.29, 1.82) is 0 Å². The third-order valence-corrected chi connectivity index (χ3v) is 6.85. The second kappa shape index (κ2) is 12.3. The highest BCUT2D eigenvalue weighted by Crippen LogP contribution is 2.28. The van der Waals surface area contributed by atoms with Crippen LogP contribution in [-0.4, -0.2) is 82.5 Å². The third kappa shape index (κ3) is 6.55. The van der Waals surface area contributed by atoms with Crippen LogP contribution in [0.3, 0.4) is 0 Å². The summed E-state index contributed by atoms with van der Waals surface area (Å²) in [6.07, 6.45) is 8.19. The van der Waals surface area contributed by atoms with Crippen LogP contribution in [0, 0.1) is 0 Å². The van der Waals surface area contributed by atoms with E-state index >= 15 is 0 Å². The van der Waals surface area contributed by atoms with E-state index in [1.807, 2.05) is 35.1 Å². The van der Waals surface area contributed by atoms with E-state index in [9.17, 15) is 9.90 Å². The summed E-state index contributed by atoms with van der Waals surface area (Å²) in [6, 6.07) is 7.60. The van der Waals surface area contributed by atoms with Gasteiger partial charge in [-0.15, -0.1) is 5.10 Å². The zero-order valence-electron chi connectivity index (χ0n) is 20.1. The lowest BCUT2D eigenvalue weighted by Gasteiger charge is -2.36. The highest BCUT2D eigenvalue weighted by Gasteiger charge is 2.32. The van der Waals surface area contributed by atoms with Gasteiger partial charge in [0.2, 0.25) is 5.91 Å². The highest BCUT2D eigenvalue weighted by molar-refractivity contribution is 5.76. The van der Waals surface area contributed by atoms with Gasteiger partial charge in [-0.05, 0) is 57.3 Å². The number of aromatic nitrogens is 3. The molecule has 186 valence electrons. The van der Waals surface area contributed by atoms with E-state index in [1.54, 1.807) is 7.11 Å². The molecule has 2 fully saturated rings.